The van der Waals surface area contributed by atoms with Crippen molar-refractivity contribution in [2.75, 3.05) is 78.7 Å². The Kier molecular flexibility index (Phi) is 36.5. The van der Waals surface area contributed by atoms with Crippen molar-refractivity contribution in [2.24, 2.45) is 5.73 Å². The molecule has 13 N–H and O–H groups in total. The predicted molar refractivity (Wildman–Crippen MR) is 450 cm³/mol. The van der Waals surface area contributed by atoms with E-state index >= 15 is 0 Å². The van der Waals surface area contributed by atoms with Crippen molar-refractivity contribution in [3.63, 3.8) is 0 Å². The quantitative estimate of drug-likeness (QED) is 0.0286. The normalized spacial score (nSPS) is 18.5. The average Bonchev–Trinajstić information content (AvgIpc) is 1.75. The van der Waals surface area contributed by atoms with Crippen LogP contribution in [0.2, 0.25) is 0 Å². The van der Waals surface area contributed by atoms with Gasteiger partial charge in [-0.25, -0.2) is 9.59 Å². The number of nitrogens with zero attached hydrogens (tertiary/aromatic N) is 4. The van der Waals surface area contributed by atoms with Crippen molar-refractivity contribution < 1.29 is 91.2 Å². The number of hydrogen-bond acceptors (Lipinski definition) is 20. The standard InChI is InChI=1S/C87H131N15O19/c1-55-39-41-59(42-40-55)87(57-29-17-15-18-30-57,58-31-19-16-20-32-58)93-44-24-21-33-60(88)72(106)91-49-69(103)90-51-71(105)99-45-25-35-65(99)76(110)97-64(54-120-85(9,10)11)75(109)96-62(52-118-83(3,4)5)73(107)92-50-70(104)94-56(2)78(112)101-47-27-37-67(101)80(114)102-48-28-38-68(102)79(113)100-46-26-36-66(100)77(111)98-63(53-119-84(6,7)8)74(108)95-61(81(115)116)34-22-23-43-89-82(117)121-86(12,13)14/h15-20,29-32,39-42,56,60-68,93H,21-28,33-38,43-54,88H2,1-14H3,(H,89,117)(H,90,103)(H,91,106)(H,92,107)(H,94,104)(H,95,108)(H,96,109)(H,97,110)(H,98,111)(H,115,116)/t56-,60-,61-,62-,63-,64-,65-,66-,67-,68-/m0/s1. The SMILES string of the molecule is Cc1ccc(C(NCCCC[C@H](N)C(=O)NCC(=O)NCC(=O)N2CCC[C@H]2C(=O)N[C@@H](COC(C)(C)C)C(=O)N[C@@H](COC(C)(C)C)C(=O)NCC(=O)N[C@@H](C)C(=O)N2CCC[C@H]2C(=O)N2CCC[C@H]2C(=O)N2CCC[C@H]2C(=O)N[C@@H](COC(C)(C)C)C(=O)N[C@@H](CCCCNC(=O)OC(C)(C)C)C(=O)O)(c2ccccc2)c2ccccc2)cc1. The summed E-state index contributed by atoms with van der Waals surface area (Å²) in [5, 5.41) is 37.3. The Balaban J connectivity index is 0.880. The molecule has 4 aliphatic rings. The fourth-order valence-corrected chi connectivity index (χ4v) is 14.9. The minimum absolute atomic E-state index is 0.00406. The molecule has 34 nitrogen and oxygen atoms in total. The van der Waals surface area contributed by atoms with E-state index < -0.39 is 204 Å². The molecule has 121 heavy (non-hydrogen) atoms. The van der Waals surface area contributed by atoms with Crippen molar-refractivity contribution in [3.05, 3.63) is 107 Å². The van der Waals surface area contributed by atoms with Gasteiger partial charge in [0, 0.05) is 32.7 Å². The zero-order valence-electron chi connectivity index (χ0n) is 72.9. The number of benzene rings is 3. The van der Waals surface area contributed by atoms with Gasteiger partial charge in [-0.2, -0.15) is 0 Å². The topological polar surface area (TPSA) is 455 Å². The van der Waals surface area contributed by atoms with Gasteiger partial charge in [0.15, 0.2) is 0 Å². The van der Waals surface area contributed by atoms with E-state index in [9.17, 15) is 72.2 Å². The molecule has 0 aromatic heterocycles. The number of carbonyl (C=O) groups is 14. The molecule has 0 bridgehead atoms. The third kappa shape index (κ3) is 30.4. The van der Waals surface area contributed by atoms with Gasteiger partial charge in [0.1, 0.15) is 60.0 Å². The Hall–Kier alpha value is -10.2. The summed E-state index contributed by atoms with van der Waals surface area (Å²) in [4.78, 5) is 198. The van der Waals surface area contributed by atoms with Gasteiger partial charge in [0.2, 0.25) is 70.9 Å². The van der Waals surface area contributed by atoms with Crippen LogP contribution in [0.25, 0.3) is 0 Å². The summed E-state index contributed by atoms with van der Waals surface area (Å²) in [5.74, 6) is -9.58. The number of carboxylic acids is 1. The molecule has 0 radical (unpaired) electrons. The van der Waals surface area contributed by atoms with E-state index in [1.54, 1.807) is 83.1 Å². The fraction of sp³-hybridized carbons (Fsp3) is 0.632. The lowest BCUT2D eigenvalue weighted by Gasteiger charge is -2.37. The zero-order valence-corrected chi connectivity index (χ0v) is 72.9. The number of alkyl carbamates (subject to hydrolysis) is 1. The molecular formula is C87H131N15O19. The number of likely N-dealkylation sites (tertiary alicyclic amines) is 4. The molecule has 4 aliphatic heterocycles. The molecule has 668 valence electrons. The Morgan fingerprint density at radius 2 is 0.860 bits per heavy atom. The molecule has 4 heterocycles. The van der Waals surface area contributed by atoms with Crippen LogP contribution in [0.4, 0.5) is 4.79 Å². The van der Waals surface area contributed by atoms with Gasteiger partial charge in [0.05, 0.1) is 67.8 Å². The molecule has 0 saturated carbocycles. The largest absolute Gasteiger partial charge is 0.480 e. The monoisotopic (exact) mass is 1690 g/mol. The number of carbonyl (C=O) groups excluding carboxylic acids is 13. The third-order valence-corrected chi connectivity index (χ3v) is 21.1. The first-order valence-corrected chi connectivity index (χ1v) is 42.3. The lowest BCUT2D eigenvalue weighted by Crippen LogP contribution is -2.60. The number of rotatable bonds is 41. The van der Waals surface area contributed by atoms with E-state index in [1.807, 2.05) is 43.3 Å². The zero-order chi connectivity index (χ0) is 89.2. The van der Waals surface area contributed by atoms with Gasteiger partial charge in [-0.15, -0.1) is 0 Å². The summed E-state index contributed by atoms with van der Waals surface area (Å²) in [7, 11) is 0. The van der Waals surface area contributed by atoms with Crippen molar-refractivity contribution in [1.82, 2.24) is 72.8 Å². The second kappa shape index (κ2) is 45.1. The summed E-state index contributed by atoms with van der Waals surface area (Å²) in [6.07, 6.45) is 4.23. The van der Waals surface area contributed by atoms with Gasteiger partial charge in [-0.1, -0.05) is 96.9 Å². The molecule has 0 unspecified atom stereocenters. The minimum atomic E-state index is -1.48. The first-order chi connectivity index (χ1) is 56.9. The van der Waals surface area contributed by atoms with Crippen LogP contribution in [0.3, 0.4) is 0 Å². The molecule has 3 aromatic rings. The minimum Gasteiger partial charge on any atom is -0.480 e. The molecule has 4 saturated heterocycles. The molecule has 3 aromatic carbocycles. The maximum Gasteiger partial charge on any atom is 0.407 e. The molecule has 0 spiro atoms. The van der Waals surface area contributed by atoms with Crippen LogP contribution in [0.5, 0.6) is 0 Å². The van der Waals surface area contributed by atoms with E-state index in [2.05, 4.69) is 102 Å². The summed E-state index contributed by atoms with van der Waals surface area (Å²) in [6.45, 7) is 22.8. The third-order valence-electron chi connectivity index (χ3n) is 21.1. The van der Waals surface area contributed by atoms with Crippen LogP contribution >= 0.6 is 0 Å². The lowest BCUT2D eigenvalue weighted by atomic mass is 9.76. The molecule has 0 aliphatic carbocycles. The molecule has 13 amide bonds. The maximum absolute atomic E-state index is 14.6. The van der Waals surface area contributed by atoms with Crippen molar-refractivity contribution in [2.45, 2.75) is 275 Å². The number of amides is 13. The Labute approximate surface area is 710 Å². The molecule has 10 atom stereocenters. The highest BCUT2D eigenvalue weighted by Crippen LogP contribution is 2.38. The summed E-state index contributed by atoms with van der Waals surface area (Å²) in [6, 6.07) is 16.9. The number of carboxylic acid groups (broad SMARTS) is 1. The van der Waals surface area contributed by atoms with E-state index in [4.69, 9.17) is 24.7 Å². The van der Waals surface area contributed by atoms with Crippen molar-refractivity contribution >= 4 is 82.9 Å². The number of hydrogen-bond donors (Lipinski definition) is 12. The highest BCUT2D eigenvalue weighted by molar-refractivity contribution is 5.99. The number of nitrogens with two attached hydrogens (primary N) is 1. The van der Waals surface area contributed by atoms with Gasteiger partial charge in [0.25, 0.3) is 0 Å². The Morgan fingerprint density at radius 1 is 0.438 bits per heavy atom. The molecule has 7 rings (SSSR count). The van der Waals surface area contributed by atoms with E-state index in [0.717, 1.165) is 22.3 Å². The average molecular weight is 1690 g/mol. The molecular weight excluding hydrogens is 1560 g/mol. The molecule has 4 fully saturated rings. The summed E-state index contributed by atoms with van der Waals surface area (Å²) >= 11 is 0. The van der Waals surface area contributed by atoms with Crippen molar-refractivity contribution in [1.29, 1.82) is 0 Å². The number of nitrogens with one attached hydrogen (secondary N) is 10. The van der Waals surface area contributed by atoms with E-state index in [0.29, 0.717) is 64.3 Å². The van der Waals surface area contributed by atoms with Crippen LogP contribution in [0.15, 0.2) is 84.9 Å². The first kappa shape index (κ1) is 98.0. The van der Waals surface area contributed by atoms with Crippen LogP contribution in [-0.4, -0.2) is 269 Å². The van der Waals surface area contributed by atoms with Gasteiger partial charge in [-0.05, 0) is 204 Å². The van der Waals surface area contributed by atoms with Gasteiger partial charge < -0.3 is 97.2 Å². The second-order valence-corrected chi connectivity index (χ2v) is 35.5. The van der Waals surface area contributed by atoms with E-state index in [1.165, 1.54) is 26.5 Å². The first-order valence-electron chi connectivity index (χ1n) is 42.3. The number of aryl methyl sites for hydroxylation is 1. The van der Waals surface area contributed by atoms with Crippen molar-refractivity contribution in [3.8, 4) is 0 Å². The smallest absolute Gasteiger partial charge is 0.407 e. The van der Waals surface area contributed by atoms with Crippen LogP contribution in [-0.2, 0) is 86.8 Å². The Bertz CT molecular complexity index is 3990. The van der Waals surface area contributed by atoms with Gasteiger partial charge in [-0.3, -0.25) is 62.9 Å². The predicted octanol–water partition coefficient (Wildman–Crippen LogP) is 3.36. The van der Waals surface area contributed by atoms with Crippen LogP contribution in [0, 0.1) is 6.92 Å². The summed E-state index contributed by atoms with van der Waals surface area (Å²) in [5.41, 5.74) is 6.83. The van der Waals surface area contributed by atoms with Crippen LogP contribution < -0.4 is 58.9 Å². The second-order valence-electron chi connectivity index (χ2n) is 35.5. The number of ether oxygens (including phenoxy) is 4. The highest BCUT2D eigenvalue weighted by atomic mass is 16.6. The van der Waals surface area contributed by atoms with Crippen LogP contribution in [0.1, 0.15) is 202 Å². The Morgan fingerprint density at radius 3 is 1.36 bits per heavy atom. The highest BCUT2D eigenvalue weighted by Gasteiger charge is 2.48. The fourth-order valence-electron chi connectivity index (χ4n) is 14.9. The molecule has 34 heteroatoms. The van der Waals surface area contributed by atoms with Gasteiger partial charge >= 0.3 is 12.1 Å². The summed E-state index contributed by atoms with van der Waals surface area (Å²) < 4.78 is 23.1. The number of aliphatic carboxylic acids is 1. The van der Waals surface area contributed by atoms with E-state index in [-0.39, 0.29) is 71.4 Å². The lowest BCUT2D eigenvalue weighted by molar-refractivity contribution is -0.151. The maximum atomic E-state index is 14.6. The number of unbranched alkanes of at least 4 members (excludes halogenated alkanes) is 2.